The second kappa shape index (κ2) is 8.54. The van der Waals surface area contributed by atoms with Gasteiger partial charge in [0.05, 0.1) is 15.2 Å². The van der Waals surface area contributed by atoms with Crippen LogP contribution in [0.15, 0.2) is 59.5 Å². The van der Waals surface area contributed by atoms with E-state index in [-0.39, 0.29) is 13.0 Å². The van der Waals surface area contributed by atoms with E-state index in [4.69, 9.17) is 5.73 Å². The van der Waals surface area contributed by atoms with E-state index in [1.807, 2.05) is 0 Å². The molecule has 2 aromatic rings. The number of amides is 1. The minimum Gasteiger partial charge on any atom is -0.354 e. The normalized spacial score (nSPS) is 13.7. The maximum absolute atomic E-state index is 12.9. The third-order valence-corrected chi connectivity index (χ3v) is 7.20. The van der Waals surface area contributed by atoms with Gasteiger partial charge in [0.15, 0.2) is 9.84 Å². The number of nitrogens with one attached hydrogen (secondary N) is 1. The van der Waals surface area contributed by atoms with Crippen LogP contribution in [0.2, 0.25) is 0 Å². The van der Waals surface area contributed by atoms with Crippen molar-refractivity contribution in [2.24, 2.45) is 5.73 Å². The minimum atomic E-state index is -4.64. The lowest BCUT2D eigenvalue weighted by molar-refractivity contribution is -0.137. The first-order valence-corrected chi connectivity index (χ1v) is 10.3. The van der Waals surface area contributed by atoms with Gasteiger partial charge in [-0.2, -0.15) is 13.2 Å². The lowest BCUT2D eigenvalue weighted by Gasteiger charge is -2.25. The Morgan fingerprint density at radius 3 is 2.28 bits per heavy atom. The van der Waals surface area contributed by atoms with E-state index in [0.29, 0.717) is 11.6 Å². The highest BCUT2D eigenvalue weighted by molar-refractivity contribution is 7.92. The molecule has 2 rings (SSSR count). The van der Waals surface area contributed by atoms with E-state index < -0.39 is 43.2 Å². The molecule has 29 heavy (non-hydrogen) atoms. The zero-order chi connectivity index (χ0) is 21.9. The van der Waals surface area contributed by atoms with Crippen LogP contribution in [0.1, 0.15) is 37.4 Å². The molecule has 0 unspecified atom stereocenters. The van der Waals surface area contributed by atoms with Crippen molar-refractivity contribution in [3.05, 3.63) is 65.7 Å². The zero-order valence-electron chi connectivity index (χ0n) is 16.0. The molecule has 1 atom stereocenters. The van der Waals surface area contributed by atoms with Gasteiger partial charge in [0.1, 0.15) is 6.04 Å². The van der Waals surface area contributed by atoms with E-state index in [1.54, 1.807) is 30.3 Å². The smallest absolute Gasteiger partial charge is 0.354 e. The highest BCUT2D eigenvalue weighted by Crippen LogP contribution is 2.34. The number of rotatable bonds is 7. The molecular weight excluding hydrogens is 405 g/mol. The van der Waals surface area contributed by atoms with Gasteiger partial charge in [-0.05, 0) is 44.0 Å². The van der Waals surface area contributed by atoms with Gasteiger partial charge in [-0.15, -0.1) is 0 Å². The van der Waals surface area contributed by atoms with Gasteiger partial charge < -0.3 is 11.1 Å². The topological polar surface area (TPSA) is 89.3 Å². The summed E-state index contributed by atoms with van der Waals surface area (Å²) < 4.78 is 63.0. The number of carbonyl (C=O) groups excluding carboxylic acids is 1. The second-order valence-corrected chi connectivity index (χ2v) is 9.80. The Hall–Kier alpha value is -2.39. The molecule has 2 aromatic carbocycles. The van der Waals surface area contributed by atoms with E-state index in [1.165, 1.54) is 13.8 Å². The fourth-order valence-corrected chi connectivity index (χ4v) is 4.25. The maximum Gasteiger partial charge on any atom is 0.416 e. The number of nitrogens with two attached hydrogens (primary N) is 1. The number of alkyl halides is 3. The van der Waals surface area contributed by atoms with Crippen molar-refractivity contribution in [1.29, 1.82) is 0 Å². The predicted molar refractivity (Wildman–Crippen MR) is 104 cm³/mol. The van der Waals surface area contributed by atoms with E-state index in [2.05, 4.69) is 5.32 Å². The standard InChI is InChI=1S/C20H23F3N2O3S/c1-19(2,11-12-25-18(26)17(24)14-7-4-3-5-8-14)29(27,28)16-10-6-9-15(13-16)20(21,22)23/h3-10,13,17H,11-12,24H2,1-2H3,(H,25,26)/t17-/m0/s1. The van der Waals surface area contributed by atoms with E-state index >= 15 is 0 Å². The monoisotopic (exact) mass is 428 g/mol. The Morgan fingerprint density at radius 1 is 1.07 bits per heavy atom. The first-order chi connectivity index (χ1) is 13.4. The van der Waals surface area contributed by atoms with Crippen LogP contribution in [0.3, 0.4) is 0 Å². The Morgan fingerprint density at radius 2 is 1.69 bits per heavy atom. The molecule has 1 amide bonds. The Labute approximate surface area is 168 Å². The number of benzene rings is 2. The lowest BCUT2D eigenvalue weighted by atomic mass is 10.1. The molecule has 0 saturated carbocycles. The van der Waals surface area contributed by atoms with Crippen LogP contribution in [0.25, 0.3) is 0 Å². The summed E-state index contributed by atoms with van der Waals surface area (Å²) in [6.07, 6.45) is -4.64. The van der Waals surface area contributed by atoms with Gasteiger partial charge in [0, 0.05) is 6.54 Å². The third-order valence-electron chi connectivity index (χ3n) is 4.67. The van der Waals surface area contributed by atoms with Crippen LogP contribution in [0.5, 0.6) is 0 Å². The van der Waals surface area contributed by atoms with Gasteiger partial charge in [0.25, 0.3) is 0 Å². The van der Waals surface area contributed by atoms with Crippen LogP contribution in [-0.4, -0.2) is 25.6 Å². The molecule has 0 radical (unpaired) electrons. The molecule has 3 N–H and O–H groups in total. The Balaban J connectivity index is 2.07. The molecule has 5 nitrogen and oxygen atoms in total. The molecule has 0 aliphatic heterocycles. The van der Waals surface area contributed by atoms with Crippen LogP contribution in [-0.2, 0) is 20.8 Å². The molecule has 0 aromatic heterocycles. The fraction of sp³-hybridized carbons (Fsp3) is 0.350. The van der Waals surface area contributed by atoms with Gasteiger partial charge in [-0.3, -0.25) is 4.79 Å². The van der Waals surface area contributed by atoms with Gasteiger partial charge in [0.2, 0.25) is 5.91 Å². The summed E-state index contributed by atoms with van der Waals surface area (Å²) in [4.78, 5) is 11.8. The molecule has 0 heterocycles. The molecule has 0 aliphatic rings. The van der Waals surface area contributed by atoms with Crippen molar-refractivity contribution in [3.8, 4) is 0 Å². The second-order valence-electron chi connectivity index (χ2n) is 7.22. The summed E-state index contributed by atoms with van der Waals surface area (Å²) >= 11 is 0. The third kappa shape index (κ3) is 5.36. The average Bonchev–Trinajstić information content (AvgIpc) is 2.67. The predicted octanol–water partition coefficient (Wildman–Crippen LogP) is 3.46. The number of halogens is 3. The van der Waals surface area contributed by atoms with Crippen molar-refractivity contribution >= 4 is 15.7 Å². The minimum absolute atomic E-state index is 0.00116. The van der Waals surface area contributed by atoms with Crippen LogP contribution in [0, 0.1) is 0 Å². The van der Waals surface area contributed by atoms with Crippen LogP contribution < -0.4 is 11.1 Å². The van der Waals surface area contributed by atoms with Crippen molar-refractivity contribution in [3.63, 3.8) is 0 Å². The molecule has 9 heteroatoms. The van der Waals surface area contributed by atoms with Crippen molar-refractivity contribution < 1.29 is 26.4 Å². The Kier molecular flexibility index (Phi) is 6.74. The van der Waals surface area contributed by atoms with E-state index in [9.17, 15) is 26.4 Å². The summed E-state index contributed by atoms with van der Waals surface area (Å²) in [7, 11) is -4.07. The first kappa shape index (κ1) is 22.9. The first-order valence-electron chi connectivity index (χ1n) is 8.86. The molecule has 0 fully saturated rings. The average molecular weight is 428 g/mol. The molecular formula is C20H23F3N2O3S. The largest absolute Gasteiger partial charge is 0.416 e. The maximum atomic E-state index is 12.9. The summed E-state index contributed by atoms with van der Waals surface area (Å²) in [6.45, 7) is 2.82. The molecule has 0 saturated heterocycles. The Bertz CT molecular complexity index is 958. The number of sulfone groups is 1. The zero-order valence-corrected chi connectivity index (χ0v) is 16.8. The van der Waals surface area contributed by atoms with Gasteiger partial charge in [-0.25, -0.2) is 8.42 Å². The van der Waals surface area contributed by atoms with Gasteiger partial charge in [-0.1, -0.05) is 36.4 Å². The lowest BCUT2D eigenvalue weighted by Crippen LogP contribution is -2.40. The quantitative estimate of drug-likeness (QED) is 0.707. The number of hydrogen-bond donors (Lipinski definition) is 2. The summed E-state index contributed by atoms with van der Waals surface area (Å²) in [5.41, 5.74) is 5.47. The molecule has 0 bridgehead atoms. The highest BCUT2D eigenvalue weighted by Gasteiger charge is 2.38. The van der Waals surface area contributed by atoms with Crippen molar-refractivity contribution in [2.45, 2.75) is 42.1 Å². The summed E-state index contributed by atoms with van der Waals surface area (Å²) in [6, 6.07) is 11.4. The summed E-state index contributed by atoms with van der Waals surface area (Å²) in [5.74, 6) is -0.469. The van der Waals surface area contributed by atoms with E-state index in [0.717, 1.165) is 18.2 Å². The van der Waals surface area contributed by atoms with Crippen LogP contribution >= 0.6 is 0 Å². The molecule has 0 spiro atoms. The highest BCUT2D eigenvalue weighted by atomic mass is 32.2. The fourth-order valence-electron chi connectivity index (χ4n) is 2.70. The SMILES string of the molecule is CC(C)(CCNC(=O)[C@@H](N)c1ccccc1)S(=O)(=O)c1cccc(C(F)(F)F)c1. The van der Waals surface area contributed by atoms with Crippen molar-refractivity contribution in [2.75, 3.05) is 6.54 Å². The molecule has 158 valence electrons. The number of hydrogen-bond acceptors (Lipinski definition) is 4. The van der Waals surface area contributed by atoms with Gasteiger partial charge >= 0.3 is 6.18 Å². The van der Waals surface area contributed by atoms with Crippen molar-refractivity contribution in [1.82, 2.24) is 5.32 Å². The summed E-state index contributed by atoms with van der Waals surface area (Å²) in [5, 5.41) is 2.59. The number of carbonyl (C=O) groups is 1. The van der Waals surface area contributed by atoms with Crippen LogP contribution in [0.4, 0.5) is 13.2 Å². The molecule has 0 aliphatic carbocycles.